The van der Waals surface area contributed by atoms with Gasteiger partial charge in [-0.05, 0) is 31.4 Å². The molecular weight excluding hydrogens is 262 g/mol. The van der Waals surface area contributed by atoms with Crippen molar-refractivity contribution in [3.8, 4) is 0 Å². The lowest BCUT2D eigenvalue weighted by Crippen LogP contribution is -2.06. The molecule has 0 amide bonds. The average Bonchev–Trinajstić information content (AvgIpc) is 2.82. The third-order valence-corrected chi connectivity index (χ3v) is 3.43. The zero-order valence-corrected chi connectivity index (χ0v) is 13.2. The van der Waals surface area contributed by atoms with Crippen molar-refractivity contribution in [3.63, 3.8) is 0 Å². The van der Waals surface area contributed by atoms with Crippen LogP contribution < -0.4 is 5.32 Å². The maximum absolute atomic E-state index is 5.13. The molecule has 0 aliphatic heterocycles. The van der Waals surface area contributed by atoms with Crippen LogP contribution in [0.2, 0.25) is 0 Å². The number of methoxy groups -OCH3 is 1. The molecule has 0 aliphatic carbocycles. The summed E-state index contributed by atoms with van der Waals surface area (Å²) in [4.78, 5) is 4.60. The van der Waals surface area contributed by atoms with E-state index < -0.39 is 0 Å². The Hall–Kier alpha value is -1.81. The number of aromatic nitrogens is 2. The van der Waals surface area contributed by atoms with Gasteiger partial charge in [0.15, 0.2) is 0 Å². The van der Waals surface area contributed by atoms with E-state index in [1.165, 1.54) is 5.56 Å². The average molecular weight is 287 g/mol. The number of hydrogen-bond acceptors (Lipinski definition) is 3. The van der Waals surface area contributed by atoms with Crippen LogP contribution in [0.15, 0.2) is 30.5 Å². The van der Waals surface area contributed by atoms with Gasteiger partial charge in [-0.15, -0.1) is 0 Å². The van der Waals surface area contributed by atoms with E-state index >= 15 is 0 Å². The molecule has 2 aromatic rings. The Kier molecular flexibility index (Phi) is 5.81. The SMILES string of the molecule is CCCc1ccccc1Nc1nc(C)cn1CCCOC. The second kappa shape index (κ2) is 7.84. The summed E-state index contributed by atoms with van der Waals surface area (Å²) in [6.45, 7) is 5.90. The minimum atomic E-state index is 0.767. The van der Waals surface area contributed by atoms with E-state index in [0.717, 1.165) is 49.7 Å². The number of hydrogen-bond donors (Lipinski definition) is 1. The van der Waals surface area contributed by atoms with Gasteiger partial charge in [-0.2, -0.15) is 0 Å². The highest BCUT2D eigenvalue weighted by atomic mass is 16.5. The lowest BCUT2D eigenvalue weighted by atomic mass is 10.1. The van der Waals surface area contributed by atoms with Crippen molar-refractivity contribution in [2.45, 2.75) is 39.7 Å². The van der Waals surface area contributed by atoms with Crippen LogP contribution in [-0.4, -0.2) is 23.3 Å². The zero-order valence-electron chi connectivity index (χ0n) is 13.2. The van der Waals surface area contributed by atoms with Gasteiger partial charge in [0.25, 0.3) is 0 Å². The fourth-order valence-corrected chi connectivity index (χ4v) is 2.45. The lowest BCUT2D eigenvalue weighted by Gasteiger charge is -2.13. The summed E-state index contributed by atoms with van der Waals surface area (Å²) >= 11 is 0. The molecule has 0 spiro atoms. The van der Waals surface area contributed by atoms with Crippen LogP contribution in [0.25, 0.3) is 0 Å². The molecule has 2 rings (SSSR count). The van der Waals surface area contributed by atoms with Crippen LogP contribution in [-0.2, 0) is 17.7 Å². The van der Waals surface area contributed by atoms with Gasteiger partial charge in [-0.1, -0.05) is 31.5 Å². The highest BCUT2D eigenvalue weighted by Crippen LogP contribution is 2.22. The fourth-order valence-electron chi connectivity index (χ4n) is 2.45. The number of aryl methyl sites for hydroxylation is 3. The number of ether oxygens (including phenoxy) is 1. The van der Waals surface area contributed by atoms with Gasteiger partial charge in [0.1, 0.15) is 0 Å². The van der Waals surface area contributed by atoms with Crippen molar-refractivity contribution in [3.05, 3.63) is 41.7 Å². The highest BCUT2D eigenvalue weighted by Gasteiger charge is 2.08. The van der Waals surface area contributed by atoms with Crippen molar-refractivity contribution < 1.29 is 4.74 Å². The second-order valence-corrected chi connectivity index (χ2v) is 5.28. The summed E-state index contributed by atoms with van der Waals surface area (Å²) in [5.74, 6) is 0.909. The summed E-state index contributed by atoms with van der Waals surface area (Å²) < 4.78 is 7.29. The van der Waals surface area contributed by atoms with E-state index in [4.69, 9.17) is 4.74 Å². The van der Waals surface area contributed by atoms with E-state index in [1.54, 1.807) is 7.11 Å². The molecular formula is C17H25N3O. The standard InChI is InChI=1S/C17H25N3O/c1-4-8-15-9-5-6-10-16(15)19-17-18-14(2)13-20(17)11-7-12-21-3/h5-6,9-10,13H,4,7-8,11-12H2,1-3H3,(H,18,19). The van der Waals surface area contributed by atoms with Gasteiger partial charge >= 0.3 is 0 Å². The van der Waals surface area contributed by atoms with Crippen LogP contribution in [0.4, 0.5) is 11.6 Å². The highest BCUT2D eigenvalue weighted by molar-refractivity contribution is 5.59. The summed E-state index contributed by atoms with van der Waals surface area (Å²) in [7, 11) is 1.74. The Balaban J connectivity index is 2.15. The predicted molar refractivity (Wildman–Crippen MR) is 87.2 cm³/mol. The minimum absolute atomic E-state index is 0.767. The lowest BCUT2D eigenvalue weighted by molar-refractivity contribution is 0.190. The van der Waals surface area contributed by atoms with Gasteiger partial charge in [0, 0.05) is 32.1 Å². The molecule has 1 heterocycles. The maximum atomic E-state index is 5.13. The van der Waals surface area contributed by atoms with E-state index in [9.17, 15) is 0 Å². The molecule has 4 heteroatoms. The first-order valence-electron chi connectivity index (χ1n) is 7.62. The van der Waals surface area contributed by atoms with Crippen molar-refractivity contribution in [2.24, 2.45) is 0 Å². The number of nitrogens with one attached hydrogen (secondary N) is 1. The number of anilines is 2. The molecule has 21 heavy (non-hydrogen) atoms. The fraction of sp³-hybridized carbons (Fsp3) is 0.471. The third kappa shape index (κ3) is 4.33. The van der Waals surface area contributed by atoms with Crippen LogP contribution in [0, 0.1) is 6.92 Å². The van der Waals surface area contributed by atoms with Crippen molar-refractivity contribution in [1.29, 1.82) is 0 Å². The molecule has 0 unspecified atom stereocenters. The van der Waals surface area contributed by atoms with Crippen molar-refractivity contribution >= 4 is 11.6 Å². The van der Waals surface area contributed by atoms with E-state index in [1.807, 2.05) is 6.92 Å². The summed E-state index contributed by atoms with van der Waals surface area (Å²) in [6, 6.07) is 8.45. The van der Waals surface area contributed by atoms with E-state index in [-0.39, 0.29) is 0 Å². The van der Waals surface area contributed by atoms with E-state index in [2.05, 4.69) is 52.3 Å². The Morgan fingerprint density at radius 2 is 2.10 bits per heavy atom. The first-order chi connectivity index (χ1) is 10.2. The number of benzene rings is 1. The zero-order chi connectivity index (χ0) is 15.1. The Morgan fingerprint density at radius 3 is 2.86 bits per heavy atom. The minimum Gasteiger partial charge on any atom is -0.385 e. The maximum Gasteiger partial charge on any atom is 0.207 e. The molecule has 0 fully saturated rings. The Morgan fingerprint density at radius 1 is 1.29 bits per heavy atom. The molecule has 114 valence electrons. The molecule has 1 N–H and O–H groups in total. The molecule has 0 radical (unpaired) electrons. The normalized spacial score (nSPS) is 10.8. The first-order valence-corrected chi connectivity index (χ1v) is 7.62. The van der Waals surface area contributed by atoms with E-state index in [0.29, 0.717) is 0 Å². The first kappa shape index (κ1) is 15.6. The van der Waals surface area contributed by atoms with Crippen LogP contribution in [0.1, 0.15) is 31.0 Å². The van der Waals surface area contributed by atoms with Gasteiger partial charge < -0.3 is 14.6 Å². The molecule has 1 aromatic heterocycles. The smallest absolute Gasteiger partial charge is 0.207 e. The van der Waals surface area contributed by atoms with Gasteiger partial charge in [0.05, 0.1) is 5.69 Å². The summed E-state index contributed by atoms with van der Waals surface area (Å²) in [5, 5.41) is 3.48. The number of nitrogens with zero attached hydrogens (tertiary/aromatic N) is 2. The summed E-state index contributed by atoms with van der Waals surface area (Å²) in [5.41, 5.74) is 3.52. The molecule has 0 saturated carbocycles. The molecule has 4 nitrogen and oxygen atoms in total. The van der Waals surface area contributed by atoms with Gasteiger partial charge in [-0.3, -0.25) is 0 Å². The Bertz CT molecular complexity index is 563. The quantitative estimate of drug-likeness (QED) is 0.748. The van der Waals surface area contributed by atoms with Crippen LogP contribution in [0.5, 0.6) is 0 Å². The van der Waals surface area contributed by atoms with Gasteiger partial charge in [0.2, 0.25) is 5.95 Å². The summed E-state index contributed by atoms with van der Waals surface area (Å²) in [6.07, 6.45) is 5.28. The monoisotopic (exact) mass is 287 g/mol. The molecule has 0 bridgehead atoms. The van der Waals surface area contributed by atoms with Crippen molar-refractivity contribution in [1.82, 2.24) is 9.55 Å². The van der Waals surface area contributed by atoms with Crippen LogP contribution >= 0.6 is 0 Å². The molecule has 1 aromatic carbocycles. The van der Waals surface area contributed by atoms with Crippen molar-refractivity contribution in [2.75, 3.05) is 19.0 Å². The second-order valence-electron chi connectivity index (χ2n) is 5.28. The number of rotatable bonds is 8. The molecule has 0 saturated heterocycles. The molecule has 0 aliphatic rings. The topological polar surface area (TPSA) is 39.1 Å². The number of imidazole rings is 1. The van der Waals surface area contributed by atoms with Gasteiger partial charge in [-0.25, -0.2) is 4.98 Å². The molecule has 0 atom stereocenters. The largest absolute Gasteiger partial charge is 0.385 e. The van der Waals surface area contributed by atoms with Crippen LogP contribution in [0.3, 0.4) is 0 Å². The predicted octanol–water partition coefficient (Wildman–Crippen LogP) is 3.92. The third-order valence-electron chi connectivity index (χ3n) is 3.43. The number of para-hydroxylation sites is 1. The Labute approximate surface area is 127 Å².